The van der Waals surface area contributed by atoms with Gasteiger partial charge in [-0.3, -0.25) is 0 Å². The zero-order chi connectivity index (χ0) is 37.7. The Kier molecular flexibility index (Phi) is 7.78. The van der Waals surface area contributed by atoms with E-state index in [1.807, 2.05) is 60.7 Å². The number of benzene rings is 9. The van der Waals surface area contributed by atoms with Crippen molar-refractivity contribution in [2.24, 2.45) is 0 Å². The Morgan fingerprint density at radius 2 is 0.772 bits per heavy atom. The van der Waals surface area contributed by atoms with E-state index in [-0.39, 0.29) is 0 Å². The highest BCUT2D eigenvalue weighted by Crippen LogP contribution is 2.55. The van der Waals surface area contributed by atoms with Gasteiger partial charge < -0.3 is 4.90 Å². The summed E-state index contributed by atoms with van der Waals surface area (Å²) >= 11 is 0. The molecule has 1 aromatic heterocycles. The normalized spacial score (nSPS) is 11.8. The van der Waals surface area contributed by atoms with Gasteiger partial charge in [0.05, 0.1) is 11.4 Å². The zero-order valence-corrected chi connectivity index (χ0v) is 30.9. The van der Waals surface area contributed by atoms with Gasteiger partial charge in [-0.25, -0.2) is 15.0 Å². The molecular weight excluding hydrogens is 693 g/mol. The molecular formula is C53H34N4. The largest absolute Gasteiger partial charge is 0.309 e. The molecule has 0 bridgehead atoms. The quantitative estimate of drug-likeness (QED) is 0.171. The number of nitrogens with zero attached hydrogens (tertiary/aromatic N) is 4. The smallest absolute Gasteiger partial charge is 0.164 e. The average molecular weight is 727 g/mol. The predicted molar refractivity (Wildman–Crippen MR) is 236 cm³/mol. The van der Waals surface area contributed by atoms with Crippen molar-refractivity contribution in [3.05, 3.63) is 206 Å². The van der Waals surface area contributed by atoms with Crippen molar-refractivity contribution in [1.82, 2.24) is 15.0 Å². The SMILES string of the molecule is c1ccc(-c2nc(-c3ccccc3)nc(-c3ccc(-c4cccc5c4-c4cccc6c(-c7ccccc7)ccc(c46)N5c4ccccc4)c4ccccc34)n2)cc1. The summed E-state index contributed by atoms with van der Waals surface area (Å²) in [5.41, 5.74) is 13.5. The van der Waals surface area contributed by atoms with Crippen LogP contribution in [0, 0.1) is 0 Å². The van der Waals surface area contributed by atoms with Crippen LogP contribution in [0.2, 0.25) is 0 Å². The maximum absolute atomic E-state index is 5.12. The van der Waals surface area contributed by atoms with Gasteiger partial charge in [-0.1, -0.05) is 176 Å². The first-order valence-electron chi connectivity index (χ1n) is 19.3. The number of anilines is 3. The standard InChI is InChI=1S/C53H34N4/c1-5-17-35(18-6-1)39-33-34-48-49-43(39)27-15-29-46(49)50-44(28-16-30-47(50)57(48)38-23-11-4-12-24-38)42-31-32-45(41-26-14-13-25-40(41)42)53-55-51(36-19-7-2-8-20-36)54-52(56-53)37-21-9-3-10-22-37/h1-34H. The number of fused-ring (bicyclic) bond motifs is 3. The number of hydrogen-bond donors (Lipinski definition) is 0. The summed E-state index contributed by atoms with van der Waals surface area (Å²) in [4.78, 5) is 17.6. The van der Waals surface area contributed by atoms with Crippen LogP contribution >= 0.6 is 0 Å². The average Bonchev–Trinajstić information content (AvgIpc) is 3.29. The third-order valence-electron chi connectivity index (χ3n) is 11.1. The molecule has 2 heterocycles. The van der Waals surface area contributed by atoms with Crippen molar-refractivity contribution in [2.75, 3.05) is 4.90 Å². The van der Waals surface area contributed by atoms with Crippen LogP contribution in [0.25, 0.3) is 89.1 Å². The van der Waals surface area contributed by atoms with Crippen LogP contribution < -0.4 is 4.90 Å². The molecule has 0 atom stereocenters. The number of para-hydroxylation sites is 1. The van der Waals surface area contributed by atoms with Gasteiger partial charge in [0, 0.05) is 33.3 Å². The minimum Gasteiger partial charge on any atom is -0.309 e. The van der Waals surface area contributed by atoms with Crippen LogP contribution in [0.5, 0.6) is 0 Å². The molecule has 0 unspecified atom stereocenters. The van der Waals surface area contributed by atoms with Crippen LogP contribution in [-0.2, 0) is 0 Å². The summed E-state index contributed by atoms with van der Waals surface area (Å²) in [6, 6.07) is 72.9. The molecule has 0 radical (unpaired) electrons. The van der Waals surface area contributed by atoms with E-state index in [0.29, 0.717) is 17.5 Å². The van der Waals surface area contributed by atoms with E-state index < -0.39 is 0 Å². The molecule has 0 amide bonds. The van der Waals surface area contributed by atoms with Crippen molar-refractivity contribution in [3.63, 3.8) is 0 Å². The second-order valence-electron chi connectivity index (χ2n) is 14.3. The molecule has 1 aliphatic rings. The molecule has 0 spiro atoms. The summed E-state index contributed by atoms with van der Waals surface area (Å²) in [5.74, 6) is 1.93. The predicted octanol–water partition coefficient (Wildman–Crippen LogP) is 14.0. The van der Waals surface area contributed by atoms with E-state index in [9.17, 15) is 0 Å². The lowest BCUT2D eigenvalue weighted by atomic mass is 9.83. The fourth-order valence-corrected chi connectivity index (χ4v) is 8.53. The van der Waals surface area contributed by atoms with E-state index in [0.717, 1.165) is 44.4 Å². The molecule has 0 fully saturated rings. The molecule has 11 rings (SSSR count). The Balaban J connectivity index is 1.16. The second-order valence-corrected chi connectivity index (χ2v) is 14.3. The van der Waals surface area contributed by atoms with Gasteiger partial charge in [0.25, 0.3) is 0 Å². The van der Waals surface area contributed by atoms with Crippen LogP contribution in [0.15, 0.2) is 206 Å². The van der Waals surface area contributed by atoms with Crippen molar-refractivity contribution in [1.29, 1.82) is 0 Å². The number of hydrogen-bond acceptors (Lipinski definition) is 4. The lowest BCUT2D eigenvalue weighted by Gasteiger charge is -2.35. The van der Waals surface area contributed by atoms with Crippen LogP contribution in [0.3, 0.4) is 0 Å². The van der Waals surface area contributed by atoms with Gasteiger partial charge in [-0.2, -0.15) is 0 Å². The molecule has 10 aromatic rings. The molecule has 4 nitrogen and oxygen atoms in total. The third kappa shape index (κ3) is 5.50. The van der Waals surface area contributed by atoms with E-state index in [4.69, 9.17) is 15.0 Å². The molecule has 0 aliphatic carbocycles. The summed E-state index contributed by atoms with van der Waals surface area (Å²) in [6.07, 6.45) is 0. The Labute approximate surface area is 331 Å². The first-order valence-corrected chi connectivity index (χ1v) is 19.3. The third-order valence-corrected chi connectivity index (χ3v) is 11.1. The Bertz CT molecular complexity index is 3050. The summed E-state index contributed by atoms with van der Waals surface area (Å²) in [6.45, 7) is 0. The Hall–Kier alpha value is -7.69. The minimum absolute atomic E-state index is 0.642. The highest BCUT2D eigenvalue weighted by molar-refractivity contribution is 6.20. The molecule has 1 aliphatic heterocycles. The molecule has 0 N–H and O–H groups in total. The van der Waals surface area contributed by atoms with Gasteiger partial charge in [0.2, 0.25) is 0 Å². The van der Waals surface area contributed by atoms with Crippen molar-refractivity contribution < 1.29 is 0 Å². The lowest BCUT2D eigenvalue weighted by Crippen LogP contribution is -2.15. The molecule has 57 heavy (non-hydrogen) atoms. The maximum Gasteiger partial charge on any atom is 0.164 e. The maximum atomic E-state index is 5.12. The van der Waals surface area contributed by atoms with Crippen LogP contribution in [0.1, 0.15) is 0 Å². The Morgan fingerprint density at radius 3 is 1.44 bits per heavy atom. The topological polar surface area (TPSA) is 41.9 Å². The van der Waals surface area contributed by atoms with Crippen molar-refractivity contribution in [3.8, 4) is 67.5 Å². The first kappa shape index (κ1) is 32.7. The number of aromatic nitrogens is 3. The van der Waals surface area contributed by atoms with E-state index in [2.05, 4.69) is 150 Å². The fraction of sp³-hybridized carbons (Fsp3) is 0. The van der Waals surface area contributed by atoms with Crippen molar-refractivity contribution >= 4 is 38.6 Å². The van der Waals surface area contributed by atoms with Gasteiger partial charge in [0.1, 0.15) is 0 Å². The highest BCUT2D eigenvalue weighted by Gasteiger charge is 2.29. The van der Waals surface area contributed by atoms with E-state index in [1.54, 1.807) is 0 Å². The van der Waals surface area contributed by atoms with Crippen LogP contribution in [-0.4, -0.2) is 15.0 Å². The van der Waals surface area contributed by atoms with Gasteiger partial charge >= 0.3 is 0 Å². The second kappa shape index (κ2) is 13.6. The van der Waals surface area contributed by atoms with Gasteiger partial charge in [-0.05, 0) is 74.3 Å². The first-order chi connectivity index (χ1) is 28.3. The monoisotopic (exact) mass is 726 g/mol. The molecule has 0 saturated heterocycles. The fourth-order valence-electron chi connectivity index (χ4n) is 8.53. The number of rotatable bonds is 6. The molecule has 9 aromatic carbocycles. The summed E-state index contributed by atoms with van der Waals surface area (Å²) in [7, 11) is 0. The van der Waals surface area contributed by atoms with E-state index >= 15 is 0 Å². The van der Waals surface area contributed by atoms with Gasteiger partial charge in [-0.15, -0.1) is 0 Å². The summed E-state index contributed by atoms with van der Waals surface area (Å²) < 4.78 is 0. The van der Waals surface area contributed by atoms with Crippen LogP contribution in [0.4, 0.5) is 17.1 Å². The highest BCUT2D eigenvalue weighted by atomic mass is 15.2. The molecule has 4 heteroatoms. The minimum atomic E-state index is 0.642. The van der Waals surface area contributed by atoms with E-state index in [1.165, 1.54) is 44.3 Å². The lowest BCUT2D eigenvalue weighted by molar-refractivity contribution is 1.08. The summed E-state index contributed by atoms with van der Waals surface area (Å²) in [5, 5.41) is 4.69. The molecule has 266 valence electrons. The Morgan fingerprint density at radius 1 is 0.281 bits per heavy atom. The van der Waals surface area contributed by atoms with Crippen molar-refractivity contribution in [2.45, 2.75) is 0 Å². The van der Waals surface area contributed by atoms with Gasteiger partial charge in [0.15, 0.2) is 17.5 Å². The zero-order valence-electron chi connectivity index (χ0n) is 30.9. The molecule has 0 saturated carbocycles.